The van der Waals surface area contributed by atoms with E-state index in [0.29, 0.717) is 17.8 Å². The van der Waals surface area contributed by atoms with Gasteiger partial charge < -0.3 is 10.6 Å². The minimum absolute atomic E-state index is 0.0608. The van der Waals surface area contributed by atoms with Gasteiger partial charge in [0.1, 0.15) is 11.5 Å². The van der Waals surface area contributed by atoms with Crippen LogP contribution >= 0.6 is 0 Å². The summed E-state index contributed by atoms with van der Waals surface area (Å²) in [6.07, 6.45) is 4.62. The molecule has 0 saturated heterocycles. The molecule has 2 N–H and O–H groups in total. The maximum Gasteiger partial charge on any atom is 0.270 e. The van der Waals surface area contributed by atoms with Gasteiger partial charge in [-0.1, -0.05) is 18.9 Å². The molecule has 1 amide bonds. The summed E-state index contributed by atoms with van der Waals surface area (Å²) in [6, 6.07) is 6.15. The molecule has 1 fully saturated rings. The quantitative estimate of drug-likeness (QED) is 0.859. The van der Waals surface area contributed by atoms with Gasteiger partial charge in [0.25, 0.3) is 5.91 Å². The van der Waals surface area contributed by atoms with Crippen LogP contribution in [0.4, 0.5) is 5.82 Å². The molecule has 18 heavy (non-hydrogen) atoms. The zero-order valence-corrected chi connectivity index (χ0v) is 11.1. The molecular formula is C14H21N3O. The fraction of sp³-hybridized carbons (Fsp3) is 0.571. The first kappa shape index (κ1) is 12.9. The van der Waals surface area contributed by atoms with Crippen LogP contribution in [0.25, 0.3) is 0 Å². The van der Waals surface area contributed by atoms with Crippen molar-refractivity contribution in [3.63, 3.8) is 0 Å². The standard InChI is InChI=1S/C14H21N3O/c1-10(2)15-13-9-5-8-12(17-13)14(18)16-11-6-3-4-7-11/h5,8-11H,3-4,6-7H2,1-2H3,(H,15,17)(H,16,18). The summed E-state index contributed by atoms with van der Waals surface area (Å²) in [5.74, 6) is 0.693. The molecule has 2 rings (SSSR count). The summed E-state index contributed by atoms with van der Waals surface area (Å²) in [5, 5.41) is 6.25. The Balaban J connectivity index is 2.00. The van der Waals surface area contributed by atoms with Crippen LogP contribution < -0.4 is 10.6 Å². The topological polar surface area (TPSA) is 54.0 Å². The highest BCUT2D eigenvalue weighted by Gasteiger charge is 2.18. The van der Waals surface area contributed by atoms with Crippen molar-refractivity contribution in [1.82, 2.24) is 10.3 Å². The van der Waals surface area contributed by atoms with Crippen LogP contribution in [0.5, 0.6) is 0 Å². The van der Waals surface area contributed by atoms with E-state index in [1.54, 1.807) is 6.07 Å². The molecule has 0 unspecified atom stereocenters. The third kappa shape index (κ3) is 3.45. The average molecular weight is 247 g/mol. The molecule has 0 aliphatic heterocycles. The molecule has 1 aromatic heterocycles. The maximum absolute atomic E-state index is 12.0. The number of pyridine rings is 1. The van der Waals surface area contributed by atoms with Gasteiger partial charge in [-0.3, -0.25) is 4.79 Å². The Kier molecular flexibility index (Phi) is 4.18. The SMILES string of the molecule is CC(C)Nc1cccc(C(=O)NC2CCCC2)n1. The van der Waals surface area contributed by atoms with Crippen molar-refractivity contribution in [2.45, 2.75) is 51.6 Å². The van der Waals surface area contributed by atoms with Crippen molar-refractivity contribution in [2.24, 2.45) is 0 Å². The lowest BCUT2D eigenvalue weighted by Crippen LogP contribution is -2.33. The summed E-state index contributed by atoms with van der Waals surface area (Å²) >= 11 is 0. The van der Waals surface area contributed by atoms with Gasteiger partial charge in [0.05, 0.1) is 0 Å². The zero-order valence-electron chi connectivity index (χ0n) is 11.1. The highest BCUT2D eigenvalue weighted by Crippen LogP contribution is 2.18. The molecule has 1 heterocycles. The lowest BCUT2D eigenvalue weighted by atomic mass is 10.2. The smallest absolute Gasteiger partial charge is 0.270 e. The summed E-state index contributed by atoms with van der Waals surface area (Å²) < 4.78 is 0. The first-order valence-electron chi connectivity index (χ1n) is 6.69. The van der Waals surface area contributed by atoms with E-state index in [4.69, 9.17) is 0 Å². The molecule has 0 atom stereocenters. The Morgan fingerprint density at radius 3 is 2.72 bits per heavy atom. The normalized spacial score (nSPS) is 15.9. The van der Waals surface area contributed by atoms with Crippen molar-refractivity contribution in [3.05, 3.63) is 23.9 Å². The molecule has 4 heteroatoms. The summed E-state index contributed by atoms with van der Waals surface area (Å²) in [6.45, 7) is 4.10. The second-order valence-electron chi connectivity index (χ2n) is 5.16. The number of rotatable bonds is 4. The van der Waals surface area contributed by atoms with Crippen LogP contribution in [0.2, 0.25) is 0 Å². The van der Waals surface area contributed by atoms with E-state index >= 15 is 0 Å². The van der Waals surface area contributed by atoms with E-state index in [1.807, 2.05) is 26.0 Å². The Morgan fingerprint density at radius 2 is 2.06 bits per heavy atom. The lowest BCUT2D eigenvalue weighted by molar-refractivity contribution is 0.0933. The zero-order chi connectivity index (χ0) is 13.0. The summed E-state index contributed by atoms with van der Waals surface area (Å²) in [7, 11) is 0. The van der Waals surface area contributed by atoms with E-state index in [9.17, 15) is 4.79 Å². The number of anilines is 1. The highest BCUT2D eigenvalue weighted by atomic mass is 16.1. The number of hydrogen-bond donors (Lipinski definition) is 2. The Morgan fingerprint density at radius 1 is 1.33 bits per heavy atom. The number of hydrogen-bond acceptors (Lipinski definition) is 3. The Labute approximate surface area is 108 Å². The number of carbonyl (C=O) groups is 1. The highest BCUT2D eigenvalue weighted by molar-refractivity contribution is 5.92. The minimum Gasteiger partial charge on any atom is -0.368 e. The van der Waals surface area contributed by atoms with E-state index in [2.05, 4.69) is 15.6 Å². The average Bonchev–Trinajstić information content (AvgIpc) is 2.81. The molecule has 0 radical (unpaired) electrons. The van der Waals surface area contributed by atoms with E-state index < -0.39 is 0 Å². The van der Waals surface area contributed by atoms with Crippen molar-refractivity contribution in [3.8, 4) is 0 Å². The van der Waals surface area contributed by atoms with Crippen LogP contribution in [0.1, 0.15) is 50.0 Å². The predicted molar refractivity (Wildman–Crippen MR) is 72.7 cm³/mol. The van der Waals surface area contributed by atoms with E-state index in [0.717, 1.165) is 18.7 Å². The van der Waals surface area contributed by atoms with Crippen LogP contribution in [0.15, 0.2) is 18.2 Å². The van der Waals surface area contributed by atoms with Crippen molar-refractivity contribution >= 4 is 11.7 Å². The van der Waals surface area contributed by atoms with Crippen LogP contribution in [-0.2, 0) is 0 Å². The minimum atomic E-state index is -0.0608. The second-order valence-corrected chi connectivity index (χ2v) is 5.16. The largest absolute Gasteiger partial charge is 0.368 e. The molecule has 1 aliphatic rings. The molecule has 98 valence electrons. The third-order valence-corrected chi connectivity index (χ3v) is 3.11. The molecule has 0 bridgehead atoms. The van der Waals surface area contributed by atoms with Crippen LogP contribution in [0, 0.1) is 0 Å². The van der Waals surface area contributed by atoms with Gasteiger partial charge in [-0.2, -0.15) is 0 Å². The van der Waals surface area contributed by atoms with Gasteiger partial charge in [0.2, 0.25) is 0 Å². The van der Waals surface area contributed by atoms with Crippen molar-refractivity contribution in [2.75, 3.05) is 5.32 Å². The van der Waals surface area contributed by atoms with Gasteiger partial charge in [0.15, 0.2) is 0 Å². The molecule has 4 nitrogen and oxygen atoms in total. The van der Waals surface area contributed by atoms with Crippen LogP contribution in [-0.4, -0.2) is 23.0 Å². The first-order valence-corrected chi connectivity index (χ1v) is 6.69. The fourth-order valence-electron chi connectivity index (χ4n) is 2.27. The molecule has 1 aliphatic carbocycles. The molecular weight excluding hydrogens is 226 g/mol. The second kappa shape index (κ2) is 5.85. The number of nitrogens with zero attached hydrogens (tertiary/aromatic N) is 1. The van der Waals surface area contributed by atoms with Gasteiger partial charge in [0, 0.05) is 12.1 Å². The van der Waals surface area contributed by atoms with E-state index in [1.165, 1.54) is 12.8 Å². The summed E-state index contributed by atoms with van der Waals surface area (Å²) in [5.41, 5.74) is 0.493. The van der Waals surface area contributed by atoms with Crippen molar-refractivity contribution < 1.29 is 4.79 Å². The third-order valence-electron chi connectivity index (χ3n) is 3.11. The van der Waals surface area contributed by atoms with Gasteiger partial charge >= 0.3 is 0 Å². The van der Waals surface area contributed by atoms with Crippen molar-refractivity contribution in [1.29, 1.82) is 0 Å². The van der Waals surface area contributed by atoms with Crippen LogP contribution in [0.3, 0.4) is 0 Å². The molecule has 1 aromatic rings. The monoisotopic (exact) mass is 247 g/mol. The van der Waals surface area contributed by atoms with Gasteiger partial charge in [-0.25, -0.2) is 4.98 Å². The summed E-state index contributed by atoms with van der Waals surface area (Å²) in [4.78, 5) is 16.4. The fourth-order valence-corrected chi connectivity index (χ4v) is 2.27. The number of amides is 1. The first-order chi connectivity index (χ1) is 8.65. The molecule has 1 saturated carbocycles. The number of nitrogens with one attached hydrogen (secondary N) is 2. The Hall–Kier alpha value is -1.58. The Bertz CT molecular complexity index is 411. The predicted octanol–water partition coefficient (Wildman–Crippen LogP) is 2.57. The van der Waals surface area contributed by atoms with E-state index in [-0.39, 0.29) is 5.91 Å². The molecule has 0 spiro atoms. The number of aromatic nitrogens is 1. The van der Waals surface area contributed by atoms with Gasteiger partial charge in [-0.05, 0) is 38.8 Å². The van der Waals surface area contributed by atoms with Gasteiger partial charge in [-0.15, -0.1) is 0 Å². The lowest BCUT2D eigenvalue weighted by Gasteiger charge is -2.13. The maximum atomic E-state index is 12.0. The number of carbonyl (C=O) groups excluding carboxylic acids is 1. The molecule has 0 aromatic carbocycles.